The second kappa shape index (κ2) is 5.50. The first-order chi connectivity index (χ1) is 8.59. The van der Waals surface area contributed by atoms with E-state index in [0.717, 1.165) is 5.56 Å². The van der Waals surface area contributed by atoms with Gasteiger partial charge in [-0.05, 0) is 17.9 Å². The maximum absolute atomic E-state index is 11.9. The highest BCUT2D eigenvalue weighted by Crippen LogP contribution is 2.25. The standard InChI is InChI=1S/C14H20N2O2/c1-10(2)13-8-12(15)14(17)16(13)18-9-11-6-4-3-5-7-11/h3-7,10,12-13H,8-9,15H2,1-2H3/t12-,13-/m1/s1. The van der Waals surface area contributed by atoms with Gasteiger partial charge in [-0.1, -0.05) is 44.2 Å². The molecule has 2 N–H and O–H groups in total. The minimum atomic E-state index is -0.423. The largest absolute Gasteiger partial charge is 0.320 e. The number of hydrogen-bond donors (Lipinski definition) is 1. The Bertz CT molecular complexity index is 406. The minimum absolute atomic E-state index is 0.0798. The molecule has 18 heavy (non-hydrogen) atoms. The maximum Gasteiger partial charge on any atom is 0.263 e. The molecule has 98 valence electrons. The van der Waals surface area contributed by atoms with Crippen molar-refractivity contribution in [2.45, 2.75) is 39.0 Å². The molecule has 4 heteroatoms. The predicted octanol–water partition coefficient (Wildman–Crippen LogP) is 1.70. The first-order valence-electron chi connectivity index (χ1n) is 6.35. The van der Waals surface area contributed by atoms with Crippen LogP contribution >= 0.6 is 0 Å². The number of carbonyl (C=O) groups excluding carboxylic acids is 1. The molecule has 0 saturated carbocycles. The summed E-state index contributed by atoms with van der Waals surface area (Å²) in [5.41, 5.74) is 6.84. The van der Waals surface area contributed by atoms with E-state index in [1.54, 1.807) is 0 Å². The van der Waals surface area contributed by atoms with E-state index in [1.165, 1.54) is 5.06 Å². The molecule has 1 fully saturated rings. The average Bonchev–Trinajstić information content (AvgIpc) is 2.65. The maximum atomic E-state index is 11.9. The van der Waals surface area contributed by atoms with Gasteiger partial charge in [0.1, 0.15) is 6.61 Å². The van der Waals surface area contributed by atoms with E-state index in [0.29, 0.717) is 18.9 Å². The normalized spacial score (nSPS) is 24.0. The van der Waals surface area contributed by atoms with Crippen molar-refractivity contribution in [1.29, 1.82) is 0 Å². The van der Waals surface area contributed by atoms with E-state index in [4.69, 9.17) is 10.6 Å². The third-order valence-electron chi connectivity index (χ3n) is 3.31. The molecular weight excluding hydrogens is 228 g/mol. The summed E-state index contributed by atoms with van der Waals surface area (Å²) in [6.45, 7) is 4.56. The minimum Gasteiger partial charge on any atom is -0.320 e. The Morgan fingerprint density at radius 3 is 2.67 bits per heavy atom. The summed E-state index contributed by atoms with van der Waals surface area (Å²) in [5.74, 6) is 0.239. The molecule has 0 aromatic heterocycles. The van der Waals surface area contributed by atoms with E-state index in [2.05, 4.69) is 13.8 Å². The third kappa shape index (κ3) is 2.71. The number of rotatable bonds is 4. The second-order valence-electron chi connectivity index (χ2n) is 5.08. The first kappa shape index (κ1) is 13.1. The molecule has 2 atom stereocenters. The highest BCUT2D eigenvalue weighted by Gasteiger charge is 2.40. The van der Waals surface area contributed by atoms with Crippen LogP contribution in [0.1, 0.15) is 25.8 Å². The number of hydrogen-bond acceptors (Lipinski definition) is 3. The molecule has 0 unspecified atom stereocenters. The molecule has 0 bridgehead atoms. The zero-order valence-electron chi connectivity index (χ0n) is 10.9. The van der Waals surface area contributed by atoms with Gasteiger partial charge in [-0.3, -0.25) is 9.63 Å². The van der Waals surface area contributed by atoms with Crippen LogP contribution in [0, 0.1) is 5.92 Å². The summed E-state index contributed by atoms with van der Waals surface area (Å²) in [5, 5.41) is 1.47. The lowest BCUT2D eigenvalue weighted by Gasteiger charge is -2.26. The molecule has 2 rings (SSSR count). The molecule has 0 spiro atoms. The fraction of sp³-hybridized carbons (Fsp3) is 0.500. The van der Waals surface area contributed by atoms with Crippen LogP contribution in [0.15, 0.2) is 30.3 Å². The zero-order valence-corrected chi connectivity index (χ0v) is 10.9. The molecule has 1 aromatic carbocycles. The van der Waals surface area contributed by atoms with Crippen molar-refractivity contribution in [3.63, 3.8) is 0 Å². The van der Waals surface area contributed by atoms with Gasteiger partial charge in [0.25, 0.3) is 5.91 Å². The monoisotopic (exact) mass is 248 g/mol. The Kier molecular flexibility index (Phi) is 3.99. The number of carbonyl (C=O) groups is 1. The fourth-order valence-electron chi connectivity index (χ4n) is 2.20. The van der Waals surface area contributed by atoms with Gasteiger partial charge in [0, 0.05) is 0 Å². The Hall–Kier alpha value is -1.39. The summed E-state index contributed by atoms with van der Waals surface area (Å²) in [6.07, 6.45) is 0.672. The molecule has 0 aliphatic carbocycles. The van der Waals surface area contributed by atoms with Crippen molar-refractivity contribution in [3.8, 4) is 0 Å². The van der Waals surface area contributed by atoms with Gasteiger partial charge in [-0.15, -0.1) is 0 Å². The number of nitrogens with two attached hydrogens (primary N) is 1. The molecule has 1 saturated heterocycles. The van der Waals surface area contributed by atoms with Gasteiger partial charge in [0.2, 0.25) is 0 Å². The number of hydroxylamine groups is 2. The van der Waals surface area contributed by atoms with Crippen LogP contribution in [-0.2, 0) is 16.2 Å². The van der Waals surface area contributed by atoms with E-state index < -0.39 is 6.04 Å². The molecular formula is C14H20N2O2. The Morgan fingerprint density at radius 2 is 2.06 bits per heavy atom. The lowest BCUT2D eigenvalue weighted by molar-refractivity contribution is -0.199. The van der Waals surface area contributed by atoms with E-state index in [9.17, 15) is 4.79 Å². The zero-order chi connectivity index (χ0) is 13.1. The summed E-state index contributed by atoms with van der Waals surface area (Å²) in [4.78, 5) is 17.6. The van der Waals surface area contributed by atoms with Crippen LogP contribution in [-0.4, -0.2) is 23.1 Å². The van der Waals surface area contributed by atoms with Crippen LogP contribution in [0.4, 0.5) is 0 Å². The van der Waals surface area contributed by atoms with Crippen LogP contribution in [0.2, 0.25) is 0 Å². The highest BCUT2D eigenvalue weighted by atomic mass is 16.7. The number of amides is 1. The van der Waals surface area contributed by atoms with Crippen molar-refractivity contribution >= 4 is 5.91 Å². The van der Waals surface area contributed by atoms with Crippen molar-refractivity contribution in [1.82, 2.24) is 5.06 Å². The summed E-state index contributed by atoms with van der Waals surface area (Å²) in [6, 6.07) is 9.48. The van der Waals surface area contributed by atoms with Crippen LogP contribution in [0.25, 0.3) is 0 Å². The van der Waals surface area contributed by atoms with Gasteiger partial charge >= 0.3 is 0 Å². The van der Waals surface area contributed by atoms with Crippen molar-refractivity contribution in [3.05, 3.63) is 35.9 Å². The Balaban J connectivity index is 2.00. The third-order valence-corrected chi connectivity index (χ3v) is 3.31. The summed E-state index contributed by atoms with van der Waals surface area (Å²) in [7, 11) is 0. The quantitative estimate of drug-likeness (QED) is 0.882. The van der Waals surface area contributed by atoms with E-state index in [1.807, 2.05) is 30.3 Å². The molecule has 0 radical (unpaired) electrons. The van der Waals surface area contributed by atoms with Crippen LogP contribution < -0.4 is 5.73 Å². The Labute approximate surface area is 108 Å². The van der Waals surface area contributed by atoms with Gasteiger partial charge in [-0.2, -0.15) is 0 Å². The molecule has 1 aliphatic rings. The highest BCUT2D eigenvalue weighted by molar-refractivity contribution is 5.83. The van der Waals surface area contributed by atoms with Gasteiger partial charge in [-0.25, -0.2) is 5.06 Å². The molecule has 1 heterocycles. The topological polar surface area (TPSA) is 55.6 Å². The van der Waals surface area contributed by atoms with Crippen molar-refractivity contribution in [2.75, 3.05) is 0 Å². The van der Waals surface area contributed by atoms with Crippen LogP contribution in [0.5, 0.6) is 0 Å². The number of nitrogens with zero attached hydrogens (tertiary/aromatic N) is 1. The SMILES string of the molecule is CC(C)[C@H]1C[C@@H](N)C(=O)N1OCc1ccccc1. The van der Waals surface area contributed by atoms with E-state index >= 15 is 0 Å². The smallest absolute Gasteiger partial charge is 0.263 e. The average molecular weight is 248 g/mol. The lowest BCUT2D eigenvalue weighted by atomic mass is 10.0. The first-order valence-corrected chi connectivity index (χ1v) is 6.35. The molecule has 1 amide bonds. The molecule has 4 nitrogen and oxygen atoms in total. The summed E-state index contributed by atoms with van der Waals surface area (Å²) < 4.78 is 0. The van der Waals surface area contributed by atoms with Crippen molar-refractivity contribution in [2.24, 2.45) is 11.7 Å². The predicted molar refractivity (Wildman–Crippen MR) is 69.3 cm³/mol. The second-order valence-corrected chi connectivity index (χ2v) is 5.08. The summed E-state index contributed by atoms with van der Waals surface area (Å²) >= 11 is 0. The van der Waals surface area contributed by atoms with E-state index in [-0.39, 0.29) is 11.9 Å². The fourth-order valence-corrected chi connectivity index (χ4v) is 2.20. The van der Waals surface area contributed by atoms with Crippen molar-refractivity contribution < 1.29 is 9.63 Å². The van der Waals surface area contributed by atoms with Gasteiger partial charge < -0.3 is 5.73 Å². The number of benzene rings is 1. The van der Waals surface area contributed by atoms with Crippen LogP contribution in [0.3, 0.4) is 0 Å². The van der Waals surface area contributed by atoms with Gasteiger partial charge in [0.05, 0.1) is 12.1 Å². The molecule has 1 aliphatic heterocycles. The lowest BCUT2D eigenvalue weighted by Crippen LogP contribution is -2.38. The van der Waals surface area contributed by atoms with Gasteiger partial charge in [0.15, 0.2) is 0 Å². The molecule has 1 aromatic rings. The Morgan fingerprint density at radius 1 is 1.39 bits per heavy atom.